The Balaban J connectivity index is 0.562. The van der Waals surface area contributed by atoms with Crippen LogP contribution in [0.2, 0.25) is 0 Å². The largest absolute Gasteiger partial charge is 0.310 e. The first-order chi connectivity index (χ1) is 46.0. The molecule has 0 saturated carbocycles. The van der Waals surface area contributed by atoms with Crippen molar-refractivity contribution in [1.29, 1.82) is 0 Å². The molecule has 0 N–H and O–H groups in total. The van der Waals surface area contributed by atoms with Crippen molar-refractivity contribution in [1.82, 2.24) is 0 Å². The second-order valence-electron chi connectivity index (χ2n) is 26.6. The summed E-state index contributed by atoms with van der Waals surface area (Å²) in [6.45, 7) is 9.52. The number of rotatable bonds is 12. The van der Waals surface area contributed by atoms with Gasteiger partial charge in [-0.05, 0) is 205 Å². The molecule has 0 unspecified atom stereocenters. The van der Waals surface area contributed by atoms with Crippen LogP contribution in [0.3, 0.4) is 0 Å². The molecule has 17 rings (SSSR count). The molecule has 0 amide bonds. The summed E-state index contributed by atoms with van der Waals surface area (Å²) in [7, 11) is 0. The van der Waals surface area contributed by atoms with E-state index >= 15 is 0 Å². The van der Waals surface area contributed by atoms with Crippen LogP contribution in [0.5, 0.6) is 0 Å². The van der Waals surface area contributed by atoms with Crippen molar-refractivity contribution in [2.45, 2.75) is 38.5 Å². The van der Waals surface area contributed by atoms with Crippen LogP contribution < -0.4 is 9.80 Å². The molecule has 0 heterocycles. The maximum atomic E-state index is 2.43. The van der Waals surface area contributed by atoms with Gasteiger partial charge in [-0.25, -0.2) is 0 Å². The van der Waals surface area contributed by atoms with Crippen molar-refractivity contribution >= 4 is 102 Å². The van der Waals surface area contributed by atoms with E-state index in [-0.39, 0.29) is 10.8 Å². The van der Waals surface area contributed by atoms with Crippen LogP contribution in [0.15, 0.2) is 315 Å². The first-order valence-electron chi connectivity index (χ1n) is 32.8. The van der Waals surface area contributed by atoms with Gasteiger partial charge in [0.05, 0.1) is 0 Å². The van der Waals surface area contributed by atoms with Gasteiger partial charge in [0.1, 0.15) is 0 Å². The highest BCUT2D eigenvalue weighted by Gasteiger charge is 2.38. The minimum absolute atomic E-state index is 0.197. The van der Waals surface area contributed by atoms with Gasteiger partial charge in [-0.2, -0.15) is 0 Å². The van der Waals surface area contributed by atoms with Gasteiger partial charge in [-0.1, -0.05) is 295 Å². The van der Waals surface area contributed by atoms with E-state index in [4.69, 9.17) is 0 Å². The highest BCUT2D eigenvalue weighted by atomic mass is 15.1. The van der Waals surface area contributed by atoms with Gasteiger partial charge >= 0.3 is 0 Å². The monoisotopic (exact) mass is 1200 g/mol. The molecule has 0 saturated heterocycles. The Kier molecular flexibility index (Phi) is 13.6. The second kappa shape index (κ2) is 22.7. The van der Waals surface area contributed by atoms with Crippen molar-refractivity contribution in [3.05, 3.63) is 360 Å². The lowest BCUT2D eigenvalue weighted by Crippen LogP contribution is -2.16. The summed E-state index contributed by atoms with van der Waals surface area (Å²) in [6.07, 6.45) is 8.99. The Labute approximate surface area is 551 Å². The molecule has 0 radical (unpaired) electrons. The van der Waals surface area contributed by atoms with E-state index in [0.717, 1.165) is 34.1 Å². The van der Waals surface area contributed by atoms with Gasteiger partial charge in [0.2, 0.25) is 0 Å². The zero-order valence-electron chi connectivity index (χ0n) is 53.2. The number of hydrogen-bond acceptors (Lipinski definition) is 2. The summed E-state index contributed by atoms with van der Waals surface area (Å²) < 4.78 is 0. The predicted octanol–water partition coefficient (Wildman–Crippen LogP) is 25.5. The quantitative estimate of drug-likeness (QED) is 0.113. The van der Waals surface area contributed by atoms with E-state index in [2.05, 4.69) is 377 Å². The van der Waals surface area contributed by atoms with Crippen LogP contribution >= 0.6 is 0 Å². The highest BCUT2D eigenvalue weighted by Crippen LogP contribution is 2.53. The van der Waals surface area contributed by atoms with Crippen molar-refractivity contribution in [3.63, 3.8) is 0 Å². The van der Waals surface area contributed by atoms with Gasteiger partial charge in [-0.15, -0.1) is 0 Å². The molecule has 0 fully saturated rings. The molecule has 0 aliphatic heterocycles. The number of anilines is 6. The lowest BCUT2D eigenvalue weighted by molar-refractivity contribution is 0.660. The third-order valence-corrected chi connectivity index (χ3v) is 20.2. The molecule has 15 aromatic rings. The molecular weight excluding hydrogens is 1130 g/mol. The van der Waals surface area contributed by atoms with Crippen LogP contribution in [0.1, 0.15) is 72.2 Å². The molecule has 94 heavy (non-hydrogen) atoms. The van der Waals surface area contributed by atoms with Gasteiger partial charge in [0.15, 0.2) is 0 Å². The zero-order chi connectivity index (χ0) is 63.1. The standard InChI is InChI=1S/C92H68N2/c1-91(2)87-53-63(29-49-83(87)85-51-47-81(59-89(85)91)93(77-43-39-65-13-5-9-17-73(65)55-77)78-44-40-66-14-6-10-18-74(66)56-78)23-21-61-25-31-69(32-26-61)71-35-37-72(38-36-71)70-33-27-62(28-34-70)22-24-64-30-50-84-86-52-48-82(60-90(86)92(3,4)88(84)54-64)94(79-45-41-67-15-7-11-19-75(67)57-79)80-46-42-68-16-8-12-20-76(68)58-80/h5-60H,1-4H3/b23-21+,24-22+. The van der Waals surface area contributed by atoms with Crippen LogP contribution in [0.25, 0.3) is 112 Å². The van der Waals surface area contributed by atoms with Crippen LogP contribution in [0.4, 0.5) is 34.1 Å². The Morgan fingerprint density at radius 3 is 0.734 bits per heavy atom. The molecule has 0 atom stereocenters. The summed E-state index contributed by atoms with van der Waals surface area (Å²) in [5.74, 6) is 0. The molecule has 0 bridgehead atoms. The fourth-order valence-corrected chi connectivity index (χ4v) is 14.9. The predicted molar refractivity (Wildman–Crippen MR) is 403 cm³/mol. The molecule has 446 valence electrons. The Morgan fingerprint density at radius 2 is 0.426 bits per heavy atom. The average Bonchev–Trinajstić information content (AvgIpc) is 1.57. The van der Waals surface area contributed by atoms with E-state index in [0.29, 0.717) is 0 Å². The maximum absolute atomic E-state index is 2.43. The van der Waals surface area contributed by atoms with Crippen LogP contribution in [-0.4, -0.2) is 0 Å². The minimum Gasteiger partial charge on any atom is -0.310 e. The summed E-state index contributed by atoms with van der Waals surface area (Å²) in [4.78, 5) is 4.84. The molecule has 2 aliphatic carbocycles. The molecule has 0 aromatic heterocycles. The summed E-state index contributed by atoms with van der Waals surface area (Å²) >= 11 is 0. The SMILES string of the molecule is CC1(C)c2cc(/C=C/c3ccc(-c4ccc(-c5ccc(/C=C/c6ccc7c(c6)C(C)(C)c6cc(N(c8ccc9ccccc9c8)c8ccc9ccccc9c8)ccc6-7)cc5)cc4)cc3)ccc2-c2ccc(N(c3ccc4ccccc4c3)c3ccc4ccccc4c3)cc21. The number of hydrogen-bond donors (Lipinski definition) is 0. The summed E-state index contributed by atoms with van der Waals surface area (Å²) in [5, 5.41) is 9.85. The highest BCUT2D eigenvalue weighted by molar-refractivity contribution is 5.97. The van der Waals surface area contributed by atoms with Crippen molar-refractivity contribution in [2.75, 3.05) is 9.80 Å². The van der Waals surface area contributed by atoms with Crippen molar-refractivity contribution in [3.8, 4) is 44.5 Å². The lowest BCUT2D eigenvalue weighted by atomic mass is 9.81. The first-order valence-corrected chi connectivity index (χ1v) is 32.8. The van der Waals surface area contributed by atoms with E-state index in [9.17, 15) is 0 Å². The van der Waals surface area contributed by atoms with Gasteiger partial charge in [0.25, 0.3) is 0 Å². The number of fused-ring (bicyclic) bond motifs is 10. The molecule has 15 aromatic carbocycles. The Hall–Kier alpha value is -11.6. The van der Waals surface area contributed by atoms with Gasteiger partial charge in [0, 0.05) is 45.0 Å². The van der Waals surface area contributed by atoms with Gasteiger partial charge < -0.3 is 9.80 Å². The van der Waals surface area contributed by atoms with Crippen molar-refractivity contribution < 1.29 is 0 Å². The van der Waals surface area contributed by atoms with E-state index < -0.39 is 0 Å². The third kappa shape index (κ3) is 10.1. The zero-order valence-corrected chi connectivity index (χ0v) is 53.2. The summed E-state index contributed by atoms with van der Waals surface area (Å²) in [5.41, 5.74) is 26.6. The van der Waals surface area contributed by atoms with E-state index in [1.54, 1.807) is 0 Å². The number of benzene rings is 15. The topological polar surface area (TPSA) is 6.48 Å². The normalized spacial score (nSPS) is 13.4. The second-order valence-corrected chi connectivity index (χ2v) is 26.6. The fraction of sp³-hybridized carbons (Fsp3) is 0.0652. The van der Waals surface area contributed by atoms with Crippen molar-refractivity contribution in [2.24, 2.45) is 0 Å². The third-order valence-electron chi connectivity index (χ3n) is 20.2. The smallest absolute Gasteiger partial charge is 0.0468 e. The average molecular weight is 1200 g/mol. The fourth-order valence-electron chi connectivity index (χ4n) is 14.9. The number of nitrogens with zero attached hydrogens (tertiary/aromatic N) is 2. The Bertz CT molecular complexity index is 5040. The van der Waals surface area contributed by atoms with Crippen LogP contribution in [0, 0.1) is 0 Å². The molecular formula is C92H68N2. The van der Waals surface area contributed by atoms with E-state index in [1.807, 2.05) is 0 Å². The molecule has 2 heteroatoms. The van der Waals surface area contributed by atoms with E-state index in [1.165, 1.54) is 132 Å². The summed E-state index contributed by atoms with van der Waals surface area (Å²) in [6, 6.07) is 117. The maximum Gasteiger partial charge on any atom is 0.0468 e. The van der Waals surface area contributed by atoms with Crippen LogP contribution in [-0.2, 0) is 10.8 Å². The lowest BCUT2D eigenvalue weighted by Gasteiger charge is -2.28. The molecule has 0 spiro atoms. The Morgan fingerprint density at radius 1 is 0.202 bits per heavy atom. The molecule has 2 aliphatic rings. The minimum atomic E-state index is -0.197. The first kappa shape index (κ1) is 56.4. The van der Waals surface area contributed by atoms with Gasteiger partial charge in [-0.3, -0.25) is 0 Å². The molecule has 2 nitrogen and oxygen atoms in total.